The van der Waals surface area contributed by atoms with Crippen LogP contribution in [-0.4, -0.2) is 20.7 Å². The van der Waals surface area contributed by atoms with Crippen molar-refractivity contribution in [1.29, 1.82) is 0 Å². The first kappa shape index (κ1) is 18.6. The molecule has 5 nitrogen and oxygen atoms in total. The number of nitrogens with zero attached hydrogens (tertiary/aromatic N) is 3. The number of carbonyl (C=O) groups excluding carboxylic acids is 1. The Balaban J connectivity index is 2.01. The van der Waals surface area contributed by atoms with Gasteiger partial charge in [0.05, 0.1) is 10.7 Å². The molecule has 1 amide bonds. The van der Waals surface area contributed by atoms with Gasteiger partial charge in [0.15, 0.2) is 5.82 Å². The van der Waals surface area contributed by atoms with Crippen LogP contribution in [0.2, 0.25) is 5.02 Å². The van der Waals surface area contributed by atoms with Gasteiger partial charge in [0.2, 0.25) is 0 Å². The number of aryl methyl sites for hydroxylation is 1. The van der Waals surface area contributed by atoms with Gasteiger partial charge < -0.3 is 5.32 Å². The lowest BCUT2D eigenvalue weighted by Gasteiger charge is -2.12. The van der Waals surface area contributed by atoms with Gasteiger partial charge in [-0.05, 0) is 68.6 Å². The first-order valence-electron chi connectivity index (χ1n) is 7.00. The highest BCUT2D eigenvalue weighted by Crippen LogP contribution is 2.31. The van der Waals surface area contributed by atoms with Crippen LogP contribution in [0.15, 0.2) is 50.1 Å². The molecule has 0 saturated heterocycles. The summed E-state index contributed by atoms with van der Waals surface area (Å²) in [6.45, 7) is 1.91. The number of anilines is 1. The summed E-state index contributed by atoms with van der Waals surface area (Å²) in [6.07, 6.45) is 1.59. The molecule has 2 heterocycles. The van der Waals surface area contributed by atoms with Crippen LogP contribution in [-0.2, 0) is 0 Å². The Morgan fingerprint density at radius 2 is 2.00 bits per heavy atom. The number of benzene rings is 1. The molecule has 25 heavy (non-hydrogen) atoms. The molecular formula is C16H10Br3ClN4O. The van der Waals surface area contributed by atoms with Crippen molar-refractivity contribution in [2.45, 2.75) is 6.92 Å². The first-order chi connectivity index (χ1) is 11.9. The van der Waals surface area contributed by atoms with Crippen LogP contribution in [0.1, 0.15) is 16.1 Å². The van der Waals surface area contributed by atoms with Crippen molar-refractivity contribution in [3.63, 3.8) is 0 Å². The van der Waals surface area contributed by atoms with Gasteiger partial charge in [-0.2, -0.15) is 5.10 Å². The molecule has 0 aliphatic rings. The van der Waals surface area contributed by atoms with E-state index >= 15 is 0 Å². The van der Waals surface area contributed by atoms with E-state index in [1.165, 1.54) is 4.68 Å². The van der Waals surface area contributed by atoms with E-state index in [1.54, 1.807) is 24.4 Å². The summed E-state index contributed by atoms with van der Waals surface area (Å²) in [6, 6.07) is 8.81. The number of amides is 1. The summed E-state index contributed by atoms with van der Waals surface area (Å²) in [4.78, 5) is 17.0. The van der Waals surface area contributed by atoms with Gasteiger partial charge in [-0.15, -0.1) is 0 Å². The van der Waals surface area contributed by atoms with Crippen molar-refractivity contribution in [2.75, 3.05) is 5.32 Å². The zero-order chi connectivity index (χ0) is 18.1. The number of nitrogens with one attached hydrogen (secondary N) is 1. The second kappa shape index (κ2) is 7.57. The molecule has 0 fully saturated rings. The highest BCUT2D eigenvalue weighted by Gasteiger charge is 2.20. The molecule has 0 spiro atoms. The first-order valence-corrected chi connectivity index (χ1v) is 9.76. The van der Waals surface area contributed by atoms with Crippen LogP contribution in [0.25, 0.3) is 5.82 Å². The minimum atomic E-state index is -0.328. The summed E-state index contributed by atoms with van der Waals surface area (Å²) < 4.78 is 3.60. The van der Waals surface area contributed by atoms with E-state index in [1.807, 2.05) is 19.1 Å². The third-order valence-corrected chi connectivity index (χ3v) is 5.11. The topological polar surface area (TPSA) is 59.8 Å². The molecule has 0 unspecified atom stereocenters. The lowest BCUT2D eigenvalue weighted by molar-refractivity contribution is 0.101. The Morgan fingerprint density at radius 3 is 2.68 bits per heavy atom. The molecule has 0 saturated carbocycles. The molecule has 0 bridgehead atoms. The third-order valence-electron chi connectivity index (χ3n) is 3.34. The van der Waals surface area contributed by atoms with E-state index in [2.05, 4.69) is 63.2 Å². The fourth-order valence-corrected chi connectivity index (χ4v) is 4.36. The van der Waals surface area contributed by atoms with Crippen LogP contribution in [0.4, 0.5) is 5.69 Å². The van der Waals surface area contributed by atoms with Gasteiger partial charge in [-0.25, -0.2) is 9.67 Å². The van der Waals surface area contributed by atoms with Gasteiger partial charge in [-0.1, -0.05) is 27.5 Å². The largest absolute Gasteiger partial charge is 0.319 e. The second-order valence-electron chi connectivity index (χ2n) is 5.11. The Labute approximate surface area is 174 Å². The number of aromatic nitrogens is 3. The number of carbonyl (C=O) groups is 1. The van der Waals surface area contributed by atoms with Crippen molar-refractivity contribution in [3.05, 3.63) is 66.4 Å². The Kier molecular flexibility index (Phi) is 5.62. The Bertz CT molecular complexity index is 951. The van der Waals surface area contributed by atoms with Crippen LogP contribution in [0, 0.1) is 6.92 Å². The fourth-order valence-electron chi connectivity index (χ4n) is 2.25. The Hall–Kier alpha value is -1.22. The van der Waals surface area contributed by atoms with Crippen LogP contribution in [0.3, 0.4) is 0 Å². The van der Waals surface area contributed by atoms with E-state index in [9.17, 15) is 4.79 Å². The summed E-state index contributed by atoms with van der Waals surface area (Å²) in [5.41, 5.74) is 1.90. The molecular weight excluding hydrogens is 539 g/mol. The average Bonchev–Trinajstić information content (AvgIpc) is 2.93. The third kappa shape index (κ3) is 3.97. The van der Waals surface area contributed by atoms with E-state index < -0.39 is 0 Å². The van der Waals surface area contributed by atoms with Gasteiger partial charge in [0.25, 0.3) is 5.91 Å². The monoisotopic (exact) mass is 546 g/mol. The zero-order valence-corrected chi connectivity index (χ0v) is 18.2. The summed E-state index contributed by atoms with van der Waals surface area (Å²) in [7, 11) is 0. The lowest BCUT2D eigenvalue weighted by Crippen LogP contribution is -2.18. The lowest BCUT2D eigenvalue weighted by atomic mass is 10.2. The molecule has 0 radical (unpaired) electrons. The van der Waals surface area contributed by atoms with Crippen LogP contribution >= 0.6 is 59.4 Å². The van der Waals surface area contributed by atoms with Crippen molar-refractivity contribution < 1.29 is 4.79 Å². The van der Waals surface area contributed by atoms with E-state index in [-0.39, 0.29) is 5.91 Å². The number of pyridine rings is 1. The van der Waals surface area contributed by atoms with Crippen molar-refractivity contribution in [1.82, 2.24) is 14.8 Å². The van der Waals surface area contributed by atoms with Gasteiger partial charge in [-0.3, -0.25) is 4.79 Å². The van der Waals surface area contributed by atoms with E-state index in [0.29, 0.717) is 26.8 Å². The molecule has 0 aliphatic carbocycles. The maximum Gasteiger partial charge on any atom is 0.274 e. The average molecular weight is 549 g/mol. The van der Waals surface area contributed by atoms with Crippen LogP contribution in [0.5, 0.6) is 0 Å². The summed E-state index contributed by atoms with van der Waals surface area (Å²) in [5, 5.41) is 7.57. The minimum absolute atomic E-state index is 0.307. The molecule has 2 aromatic heterocycles. The number of hydrogen-bond donors (Lipinski definition) is 1. The van der Waals surface area contributed by atoms with Gasteiger partial charge in [0.1, 0.15) is 10.3 Å². The minimum Gasteiger partial charge on any atom is -0.319 e. The van der Waals surface area contributed by atoms with E-state index in [0.717, 1.165) is 14.5 Å². The normalized spacial score (nSPS) is 10.8. The van der Waals surface area contributed by atoms with E-state index in [4.69, 9.17) is 11.6 Å². The number of halogens is 4. The smallest absolute Gasteiger partial charge is 0.274 e. The summed E-state index contributed by atoms with van der Waals surface area (Å²) >= 11 is 16.4. The fraction of sp³-hybridized carbons (Fsp3) is 0.0625. The number of rotatable bonds is 3. The predicted octanol–water partition coefficient (Wildman–Crippen LogP) is 5.77. The second-order valence-corrected chi connectivity index (χ2v) is 8.10. The predicted molar refractivity (Wildman–Crippen MR) is 109 cm³/mol. The molecule has 9 heteroatoms. The van der Waals surface area contributed by atoms with Crippen molar-refractivity contribution >= 4 is 71.0 Å². The highest BCUT2D eigenvalue weighted by molar-refractivity contribution is 9.11. The molecule has 1 N–H and O–H groups in total. The summed E-state index contributed by atoms with van der Waals surface area (Å²) in [5.74, 6) is 0.0534. The molecule has 0 atom stereocenters. The SMILES string of the molecule is Cc1cc(Br)cc(Br)c1NC(=O)c1cc(Br)nn1-c1ncccc1Cl. The maximum absolute atomic E-state index is 12.8. The molecule has 1 aromatic carbocycles. The van der Waals surface area contributed by atoms with Crippen LogP contribution < -0.4 is 5.32 Å². The van der Waals surface area contributed by atoms with Gasteiger partial charge in [0, 0.05) is 21.2 Å². The van der Waals surface area contributed by atoms with Gasteiger partial charge >= 0.3 is 0 Å². The molecule has 0 aliphatic heterocycles. The van der Waals surface area contributed by atoms with Crippen molar-refractivity contribution in [3.8, 4) is 5.82 Å². The molecule has 3 rings (SSSR count). The molecule has 3 aromatic rings. The molecule has 128 valence electrons. The zero-order valence-electron chi connectivity index (χ0n) is 12.7. The highest BCUT2D eigenvalue weighted by atomic mass is 79.9. The maximum atomic E-state index is 12.8. The van der Waals surface area contributed by atoms with Crippen molar-refractivity contribution in [2.24, 2.45) is 0 Å². The number of hydrogen-bond acceptors (Lipinski definition) is 3. The Morgan fingerprint density at radius 1 is 1.24 bits per heavy atom. The quantitative estimate of drug-likeness (QED) is 0.452. The standard InChI is InChI=1S/C16H10Br3ClN4O/c1-8-5-9(17)6-10(18)14(8)22-16(25)12-7-13(19)23-24(12)15-11(20)3-2-4-21-15/h2-7H,1H3,(H,22,25).